The van der Waals surface area contributed by atoms with Crippen LogP contribution < -0.4 is 5.32 Å². The van der Waals surface area contributed by atoms with Gasteiger partial charge in [-0.25, -0.2) is 0 Å². The first-order valence-electron chi connectivity index (χ1n) is 7.86. The van der Waals surface area contributed by atoms with Crippen LogP contribution in [0.5, 0.6) is 0 Å². The molecular weight excluding hydrogens is 264 g/mol. The summed E-state index contributed by atoms with van der Waals surface area (Å²) in [7, 11) is 0. The Balaban J connectivity index is 1.76. The molecule has 21 heavy (non-hydrogen) atoms. The van der Waals surface area contributed by atoms with Gasteiger partial charge in [0.25, 0.3) is 0 Å². The Labute approximate surface area is 126 Å². The molecule has 2 fully saturated rings. The number of amides is 1. The number of carbonyl (C=O) groups excluding carboxylic acids is 1. The Morgan fingerprint density at radius 2 is 2.10 bits per heavy atom. The van der Waals surface area contributed by atoms with Gasteiger partial charge < -0.3 is 9.64 Å². The molecule has 0 bridgehead atoms. The van der Waals surface area contributed by atoms with Crippen molar-refractivity contribution in [3.63, 3.8) is 0 Å². The van der Waals surface area contributed by atoms with Crippen LogP contribution in [-0.4, -0.2) is 42.3 Å². The molecule has 4 nitrogen and oxygen atoms in total. The van der Waals surface area contributed by atoms with Gasteiger partial charge in [0.2, 0.25) is 5.91 Å². The molecular formula is C17H24N2O2. The molecule has 3 rings (SSSR count). The Morgan fingerprint density at radius 3 is 2.71 bits per heavy atom. The van der Waals surface area contributed by atoms with E-state index in [4.69, 9.17) is 4.74 Å². The van der Waals surface area contributed by atoms with E-state index in [0.717, 1.165) is 19.4 Å². The van der Waals surface area contributed by atoms with Gasteiger partial charge in [0.15, 0.2) is 0 Å². The van der Waals surface area contributed by atoms with Crippen LogP contribution in [0.15, 0.2) is 30.3 Å². The standard InChI is InChI=1S/C17H24N2O2/c1-12(2)16-18-15(10-13-6-4-3-5-7-13)17(20)19(16)14-8-9-21-11-14/h3-7,12,14-16,18H,8-11H2,1-2H3. The van der Waals surface area contributed by atoms with Gasteiger partial charge in [-0.3, -0.25) is 10.1 Å². The summed E-state index contributed by atoms with van der Waals surface area (Å²) in [6.07, 6.45) is 1.83. The third kappa shape index (κ3) is 2.97. The molecule has 0 spiro atoms. The average molecular weight is 288 g/mol. The summed E-state index contributed by atoms with van der Waals surface area (Å²) in [5.74, 6) is 0.628. The second kappa shape index (κ2) is 6.16. The molecule has 3 atom stereocenters. The van der Waals surface area contributed by atoms with Crippen molar-refractivity contribution < 1.29 is 9.53 Å². The first-order valence-corrected chi connectivity index (χ1v) is 7.86. The molecule has 2 saturated heterocycles. The second-order valence-electron chi connectivity index (χ2n) is 6.36. The van der Waals surface area contributed by atoms with Crippen molar-refractivity contribution in [3.05, 3.63) is 35.9 Å². The van der Waals surface area contributed by atoms with Crippen molar-refractivity contribution in [1.29, 1.82) is 0 Å². The Morgan fingerprint density at radius 1 is 1.33 bits per heavy atom. The number of nitrogens with zero attached hydrogens (tertiary/aromatic N) is 1. The van der Waals surface area contributed by atoms with Crippen molar-refractivity contribution in [2.45, 2.75) is 44.9 Å². The number of ether oxygens (including phenoxy) is 1. The zero-order chi connectivity index (χ0) is 14.8. The summed E-state index contributed by atoms with van der Waals surface area (Å²) in [5.41, 5.74) is 1.20. The summed E-state index contributed by atoms with van der Waals surface area (Å²) in [5, 5.41) is 3.54. The van der Waals surface area contributed by atoms with Crippen molar-refractivity contribution in [2.24, 2.45) is 5.92 Å². The molecule has 2 aliphatic rings. The van der Waals surface area contributed by atoms with Crippen LogP contribution in [0.4, 0.5) is 0 Å². The average Bonchev–Trinajstić information content (AvgIpc) is 3.09. The Hall–Kier alpha value is -1.39. The number of benzene rings is 1. The van der Waals surface area contributed by atoms with Crippen LogP contribution in [0.25, 0.3) is 0 Å². The highest BCUT2D eigenvalue weighted by atomic mass is 16.5. The number of carbonyl (C=O) groups is 1. The Kier molecular flexibility index (Phi) is 4.27. The molecule has 1 aromatic rings. The van der Waals surface area contributed by atoms with E-state index in [9.17, 15) is 4.79 Å². The second-order valence-corrected chi connectivity index (χ2v) is 6.36. The third-order valence-electron chi connectivity index (χ3n) is 4.44. The molecule has 3 unspecified atom stereocenters. The normalized spacial score (nSPS) is 29.6. The maximum Gasteiger partial charge on any atom is 0.241 e. The zero-order valence-corrected chi connectivity index (χ0v) is 12.8. The molecule has 4 heteroatoms. The lowest BCUT2D eigenvalue weighted by molar-refractivity contribution is -0.132. The van der Waals surface area contributed by atoms with E-state index in [-0.39, 0.29) is 24.2 Å². The quantitative estimate of drug-likeness (QED) is 0.918. The van der Waals surface area contributed by atoms with E-state index in [1.807, 2.05) is 23.1 Å². The van der Waals surface area contributed by atoms with Gasteiger partial charge in [-0.1, -0.05) is 44.2 Å². The molecule has 0 aromatic heterocycles. The predicted octanol–water partition coefficient (Wildman–Crippen LogP) is 1.80. The fourth-order valence-electron chi connectivity index (χ4n) is 3.33. The summed E-state index contributed by atoms with van der Waals surface area (Å²) in [6, 6.07) is 10.3. The molecule has 1 aromatic carbocycles. The van der Waals surface area contributed by atoms with Gasteiger partial charge in [0, 0.05) is 6.61 Å². The van der Waals surface area contributed by atoms with Gasteiger partial charge in [-0.2, -0.15) is 0 Å². The van der Waals surface area contributed by atoms with Crippen molar-refractivity contribution in [1.82, 2.24) is 10.2 Å². The first-order chi connectivity index (χ1) is 10.2. The van der Waals surface area contributed by atoms with Gasteiger partial charge in [-0.05, 0) is 24.3 Å². The van der Waals surface area contributed by atoms with E-state index < -0.39 is 0 Å². The van der Waals surface area contributed by atoms with Gasteiger partial charge >= 0.3 is 0 Å². The van der Waals surface area contributed by atoms with Crippen LogP contribution in [0.1, 0.15) is 25.8 Å². The zero-order valence-electron chi connectivity index (χ0n) is 12.8. The highest BCUT2D eigenvalue weighted by Crippen LogP contribution is 2.26. The molecule has 1 N–H and O–H groups in total. The monoisotopic (exact) mass is 288 g/mol. The molecule has 1 amide bonds. The lowest BCUT2D eigenvalue weighted by Gasteiger charge is -2.31. The summed E-state index contributed by atoms with van der Waals surface area (Å²) < 4.78 is 5.48. The van der Waals surface area contributed by atoms with E-state index in [1.54, 1.807) is 0 Å². The fourth-order valence-corrected chi connectivity index (χ4v) is 3.33. The van der Waals surface area contributed by atoms with E-state index >= 15 is 0 Å². The van der Waals surface area contributed by atoms with E-state index in [1.165, 1.54) is 5.56 Å². The number of rotatable bonds is 4. The number of hydrogen-bond donors (Lipinski definition) is 1. The minimum absolute atomic E-state index is 0.111. The maximum atomic E-state index is 12.8. The number of hydrogen-bond acceptors (Lipinski definition) is 3. The highest BCUT2D eigenvalue weighted by Gasteiger charge is 2.44. The predicted molar refractivity (Wildman–Crippen MR) is 81.8 cm³/mol. The van der Waals surface area contributed by atoms with Crippen molar-refractivity contribution in [2.75, 3.05) is 13.2 Å². The lowest BCUT2D eigenvalue weighted by Crippen LogP contribution is -2.47. The minimum Gasteiger partial charge on any atom is -0.379 e. The van der Waals surface area contributed by atoms with Crippen LogP contribution in [0.2, 0.25) is 0 Å². The highest BCUT2D eigenvalue weighted by molar-refractivity contribution is 5.85. The topological polar surface area (TPSA) is 41.6 Å². The van der Waals surface area contributed by atoms with E-state index in [0.29, 0.717) is 12.5 Å². The molecule has 114 valence electrons. The third-order valence-corrected chi connectivity index (χ3v) is 4.44. The summed E-state index contributed by atoms with van der Waals surface area (Å²) in [4.78, 5) is 14.9. The summed E-state index contributed by atoms with van der Waals surface area (Å²) in [6.45, 7) is 5.77. The van der Waals surface area contributed by atoms with Crippen LogP contribution in [-0.2, 0) is 16.0 Å². The molecule has 0 aliphatic carbocycles. The van der Waals surface area contributed by atoms with Crippen LogP contribution in [0, 0.1) is 5.92 Å². The molecule has 2 heterocycles. The SMILES string of the molecule is CC(C)C1NC(Cc2ccccc2)C(=O)N1C1CCOC1. The van der Waals surface area contributed by atoms with Gasteiger partial charge in [-0.15, -0.1) is 0 Å². The van der Waals surface area contributed by atoms with Crippen molar-refractivity contribution >= 4 is 5.91 Å². The van der Waals surface area contributed by atoms with E-state index in [2.05, 4.69) is 31.3 Å². The smallest absolute Gasteiger partial charge is 0.241 e. The molecule has 0 saturated carbocycles. The van der Waals surface area contributed by atoms with Crippen molar-refractivity contribution in [3.8, 4) is 0 Å². The van der Waals surface area contributed by atoms with Gasteiger partial charge in [0.1, 0.15) is 0 Å². The number of nitrogens with one attached hydrogen (secondary N) is 1. The maximum absolute atomic E-state index is 12.8. The fraction of sp³-hybridized carbons (Fsp3) is 0.588. The van der Waals surface area contributed by atoms with Crippen LogP contribution in [0.3, 0.4) is 0 Å². The Bertz CT molecular complexity index is 483. The molecule has 0 radical (unpaired) electrons. The lowest BCUT2D eigenvalue weighted by atomic mass is 10.1. The first kappa shape index (κ1) is 14.5. The summed E-state index contributed by atoms with van der Waals surface area (Å²) >= 11 is 0. The minimum atomic E-state index is -0.111. The largest absolute Gasteiger partial charge is 0.379 e. The van der Waals surface area contributed by atoms with Gasteiger partial charge in [0.05, 0.1) is 24.9 Å². The molecule has 2 aliphatic heterocycles. The van der Waals surface area contributed by atoms with Crippen LogP contribution >= 0.6 is 0 Å².